The van der Waals surface area contributed by atoms with Crippen molar-refractivity contribution >= 4 is 21.9 Å². The fourth-order valence-corrected chi connectivity index (χ4v) is 2.14. The molecule has 0 fully saturated rings. The number of nitrogens with zero attached hydrogens (tertiary/aromatic N) is 1. The monoisotopic (exact) mass is 253 g/mol. The van der Waals surface area contributed by atoms with Gasteiger partial charge >= 0.3 is 0 Å². The average Bonchev–Trinajstić information content (AvgIpc) is 2.16. The van der Waals surface area contributed by atoms with E-state index in [-0.39, 0.29) is 5.96 Å². The van der Waals surface area contributed by atoms with Gasteiger partial charge in [-0.05, 0) is 29.7 Å². The van der Waals surface area contributed by atoms with E-state index in [0.29, 0.717) is 0 Å². The van der Waals surface area contributed by atoms with Gasteiger partial charge in [0.1, 0.15) is 0 Å². The predicted octanol–water partition coefficient (Wildman–Crippen LogP) is 1.70. The molecule has 2 rings (SSSR count). The lowest BCUT2D eigenvalue weighted by atomic mass is 10.0. The van der Waals surface area contributed by atoms with E-state index in [2.05, 4.69) is 34.1 Å². The highest BCUT2D eigenvalue weighted by molar-refractivity contribution is 9.10. The SMILES string of the molecule is N=C(N)N1CCc2ccc(Br)cc2C1. The van der Waals surface area contributed by atoms with Gasteiger partial charge in [-0.3, -0.25) is 5.41 Å². The van der Waals surface area contributed by atoms with Crippen LogP contribution in [-0.4, -0.2) is 17.4 Å². The highest BCUT2D eigenvalue weighted by atomic mass is 79.9. The van der Waals surface area contributed by atoms with Crippen LogP contribution in [0.4, 0.5) is 0 Å². The first-order chi connectivity index (χ1) is 6.66. The Kier molecular flexibility index (Phi) is 2.46. The van der Waals surface area contributed by atoms with Gasteiger partial charge in [0.25, 0.3) is 0 Å². The van der Waals surface area contributed by atoms with E-state index in [1.165, 1.54) is 11.1 Å². The molecule has 1 heterocycles. The Morgan fingerprint density at radius 2 is 2.21 bits per heavy atom. The van der Waals surface area contributed by atoms with E-state index in [1.807, 2.05) is 4.90 Å². The van der Waals surface area contributed by atoms with Crippen LogP contribution in [0.15, 0.2) is 22.7 Å². The van der Waals surface area contributed by atoms with Crippen LogP contribution >= 0.6 is 15.9 Å². The number of halogens is 1. The molecule has 0 amide bonds. The Morgan fingerprint density at radius 1 is 1.43 bits per heavy atom. The van der Waals surface area contributed by atoms with E-state index in [9.17, 15) is 0 Å². The van der Waals surface area contributed by atoms with Crippen LogP contribution in [0.5, 0.6) is 0 Å². The molecule has 0 spiro atoms. The first kappa shape index (κ1) is 9.52. The summed E-state index contributed by atoms with van der Waals surface area (Å²) < 4.78 is 1.08. The molecule has 1 aromatic carbocycles. The van der Waals surface area contributed by atoms with Gasteiger partial charge in [-0.25, -0.2) is 0 Å². The minimum Gasteiger partial charge on any atom is -0.370 e. The Hall–Kier alpha value is -1.03. The smallest absolute Gasteiger partial charge is 0.188 e. The van der Waals surface area contributed by atoms with Gasteiger partial charge in [-0.15, -0.1) is 0 Å². The highest BCUT2D eigenvalue weighted by Gasteiger charge is 2.16. The summed E-state index contributed by atoms with van der Waals surface area (Å²) in [6.45, 7) is 1.61. The fourth-order valence-electron chi connectivity index (χ4n) is 1.73. The Morgan fingerprint density at radius 3 is 2.93 bits per heavy atom. The first-order valence-corrected chi connectivity index (χ1v) is 5.32. The zero-order valence-corrected chi connectivity index (χ0v) is 9.34. The molecule has 3 N–H and O–H groups in total. The summed E-state index contributed by atoms with van der Waals surface area (Å²) in [5.74, 6) is 0.163. The second-order valence-electron chi connectivity index (χ2n) is 3.47. The van der Waals surface area contributed by atoms with Crippen molar-refractivity contribution < 1.29 is 0 Å². The van der Waals surface area contributed by atoms with E-state index in [0.717, 1.165) is 24.0 Å². The molecule has 74 valence electrons. The van der Waals surface area contributed by atoms with E-state index in [4.69, 9.17) is 11.1 Å². The van der Waals surface area contributed by atoms with E-state index < -0.39 is 0 Å². The number of hydrogen-bond acceptors (Lipinski definition) is 1. The summed E-state index contributed by atoms with van der Waals surface area (Å²) in [6, 6.07) is 6.30. The molecule has 0 saturated carbocycles. The summed E-state index contributed by atoms with van der Waals surface area (Å²) in [6.07, 6.45) is 0.974. The van der Waals surface area contributed by atoms with Gasteiger partial charge in [-0.2, -0.15) is 0 Å². The molecule has 0 saturated heterocycles. The maximum Gasteiger partial charge on any atom is 0.188 e. The molecule has 0 aliphatic carbocycles. The van der Waals surface area contributed by atoms with Gasteiger partial charge in [-0.1, -0.05) is 22.0 Å². The van der Waals surface area contributed by atoms with Crippen molar-refractivity contribution in [1.82, 2.24) is 4.90 Å². The molecular weight excluding hydrogens is 242 g/mol. The van der Waals surface area contributed by atoms with E-state index >= 15 is 0 Å². The minimum absolute atomic E-state index is 0.163. The average molecular weight is 254 g/mol. The third-order valence-corrected chi connectivity index (χ3v) is 3.01. The highest BCUT2D eigenvalue weighted by Crippen LogP contribution is 2.22. The molecule has 0 radical (unpaired) electrons. The van der Waals surface area contributed by atoms with Crippen molar-refractivity contribution in [2.45, 2.75) is 13.0 Å². The van der Waals surface area contributed by atoms with Crippen LogP contribution in [0.25, 0.3) is 0 Å². The third kappa shape index (κ3) is 1.75. The summed E-state index contributed by atoms with van der Waals surface area (Å²) >= 11 is 3.44. The van der Waals surface area contributed by atoms with Crippen LogP contribution in [0.1, 0.15) is 11.1 Å². The number of nitrogens with two attached hydrogens (primary N) is 1. The lowest BCUT2D eigenvalue weighted by Gasteiger charge is -2.29. The van der Waals surface area contributed by atoms with Crippen molar-refractivity contribution in [3.05, 3.63) is 33.8 Å². The van der Waals surface area contributed by atoms with Gasteiger partial charge in [0, 0.05) is 17.6 Å². The second-order valence-corrected chi connectivity index (χ2v) is 4.39. The number of benzene rings is 1. The lowest BCUT2D eigenvalue weighted by molar-refractivity contribution is 0.387. The standard InChI is InChI=1S/C10H12BrN3/c11-9-2-1-7-3-4-14(10(12)13)6-8(7)5-9/h1-2,5H,3-4,6H2,(H3,12,13). The van der Waals surface area contributed by atoms with Gasteiger partial charge < -0.3 is 10.6 Å². The molecule has 4 heteroatoms. The summed E-state index contributed by atoms with van der Waals surface area (Å²) in [7, 11) is 0. The van der Waals surface area contributed by atoms with E-state index in [1.54, 1.807) is 0 Å². The number of fused-ring (bicyclic) bond motifs is 1. The molecule has 1 aromatic rings. The lowest BCUT2D eigenvalue weighted by Crippen LogP contribution is -2.40. The van der Waals surface area contributed by atoms with Gasteiger partial charge in [0.05, 0.1) is 0 Å². The van der Waals surface area contributed by atoms with Crippen LogP contribution < -0.4 is 5.73 Å². The molecule has 0 aromatic heterocycles. The molecule has 3 nitrogen and oxygen atoms in total. The molecule has 0 bridgehead atoms. The Bertz CT molecular complexity index is 376. The van der Waals surface area contributed by atoms with Crippen LogP contribution in [0.2, 0.25) is 0 Å². The van der Waals surface area contributed by atoms with Gasteiger partial charge in [0.2, 0.25) is 0 Å². The Labute approximate surface area is 91.5 Å². The van der Waals surface area contributed by atoms with Crippen LogP contribution in [0.3, 0.4) is 0 Å². The Balaban J connectivity index is 2.29. The number of rotatable bonds is 0. The molecule has 1 aliphatic heterocycles. The summed E-state index contributed by atoms with van der Waals surface area (Å²) in [5.41, 5.74) is 8.09. The van der Waals surface area contributed by atoms with Crippen LogP contribution in [0, 0.1) is 5.41 Å². The van der Waals surface area contributed by atoms with Crippen molar-refractivity contribution in [3.63, 3.8) is 0 Å². The molecule has 14 heavy (non-hydrogen) atoms. The predicted molar refractivity (Wildman–Crippen MR) is 60.2 cm³/mol. The number of nitrogens with one attached hydrogen (secondary N) is 1. The summed E-state index contributed by atoms with van der Waals surface area (Å²) in [4.78, 5) is 1.88. The van der Waals surface area contributed by atoms with Crippen molar-refractivity contribution in [3.8, 4) is 0 Å². The van der Waals surface area contributed by atoms with Crippen molar-refractivity contribution in [1.29, 1.82) is 5.41 Å². The van der Waals surface area contributed by atoms with Crippen LogP contribution in [-0.2, 0) is 13.0 Å². The fraction of sp³-hybridized carbons (Fsp3) is 0.300. The summed E-state index contributed by atoms with van der Waals surface area (Å²) in [5, 5.41) is 7.38. The maximum absolute atomic E-state index is 7.38. The zero-order valence-electron chi connectivity index (χ0n) is 7.76. The minimum atomic E-state index is 0.163. The second kappa shape index (κ2) is 3.61. The first-order valence-electron chi connectivity index (χ1n) is 4.53. The molecule has 0 unspecified atom stereocenters. The normalized spacial score (nSPS) is 15.1. The number of hydrogen-bond donors (Lipinski definition) is 2. The van der Waals surface area contributed by atoms with Gasteiger partial charge in [0.15, 0.2) is 5.96 Å². The largest absolute Gasteiger partial charge is 0.370 e. The molecule has 0 atom stereocenters. The molecule has 1 aliphatic rings. The number of guanidine groups is 1. The van der Waals surface area contributed by atoms with Crippen molar-refractivity contribution in [2.75, 3.05) is 6.54 Å². The topological polar surface area (TPSA) is 53.1 Å². The molecular formula is C10H12BrN3. The maximum atomic E-state index is 7.38. The quantitative estimate of drug-likeness (QED) is 0.547. The van der Waals surface area contributed by atoms with Crippen molar-refractivity contribution in [2.24, 2.45) is 5.73 Å². The third-order valence-electron chi connectivity index (χ3n) is 2.52. The zero-order chi connectivity index (χ0) is 10.1.